The maximum Gasteiger partial charge on any atom is 0.0640 e. The highest BCUT2D eigenvalue weighted by Gasteiger charge is 2.18. The molecule has 98 valence electrons. The Balaban J connectivity index is 1.75. The third-order valence-electron chi connectivity index (χ3n) is 3.83. The van der Waals surface area contributed by atoms with Crippen LogP contribution in [-0.4, -0.2) is 6.04 Å². The van der Waals surface area contributed by atoms with Gasteiger partial charge in [-0.05, 0) is 55.0 Å². The Morgan fingerprint density at radius 2 is 1.89 bits per heavy atom. The highest BCUT2D eigenvalue weighted by Crippen LogP contribution is 2.27. The Morgan fingerprint density at radius 3 is 2.68 bits per heavy atom. The molecule has 1 aliphatic carbocycles. The van der Waals surface area contributed by atoms with Gasteiger partial charge < -0.3 is 5.32 Å². The minimum Gasteiger partial charge on any atom is -0.381 e. The number of benzene rings is 2. The standard InChI is InChI=1S/C17H18ClN/c1-12-6-9-17(16(18)10-12)19-15-8-7-13-4-2-3-5-14(13)11-15/h2-6,9-10,15,19H,7-8,11H2,1H3. The van der Waals surface area contributed by atoms with E-state index in [1.54, 1.807) is 0 Å². The van der Waals surface area contributed by atoms with Crippen LogP contribution >= 0.6 is 11.6 Å². The van der Waals surface area contributed by atoms with Crippen molar-refractivity contribution >= 4 is 17.3 Å². The molecule has 0 aromatic heterocycles. The molecule has 1 aliphatic rings. The Bertz CT molecular complexity index is 592. The second-order valence-corrected chi connectivity index (χ2v) is 5.74. The van der Waals surface area contributed by atoms with E-state index in [0.717, 1.165) is 23.6 Å². The summed E-state index contributed by atoms with van der Waals surface area (Å²) in [5.41, 5.74) is 5.21. The van der Waals surface area contributed by atoms with E-state index in [1.807, 2.05) is 6.07 Å². The predicted octanol–water partition coefficient (Wildman–Crippen LogP) is 4.62. The third-order valence-corrected chi connectivity index (χ3v) is 4.14. The summed E-state index contributed by atoms with van der Waals surface area (Å²) in [5.74, 6) is 0. The lowest BCUT2D eigenvalue weighted by molar-refractivity contribution is 0.611. The molecular weight excluding hydrogens is 254 g/mol. The zero-order valence-corrected chi connectivity index (χ0v) is 11.9. The smallest absolute Gasteiger partial charge is 0.0640 e. The first-order valence-corrected chi connectivity index (χ1v) is 7.19. The van der Waals surface area contributed by atoms with Crippen LogP contribution in [-0.2, 0) is 12.8 Å². The Morgan fingerprint density at radius 1 is 1.11 bits per heavy atom. The molecule has 0 saturated carbocycles. The van der Waals surface area contributed by atoms with Crippen molar-refractivity contribution in [3.05, 3.63) is 64.2 Å². The lowest BCUT2D eigenvalue weighted by Gasteiger charge is -2.26. The number of hydrogen-bond donors (Lipinski definition) is 1. The molecule has 2 aromatic carbocycles. The molecule has 0 heterocycles. The van der Waals surface area contributed by atoms with Crippen LogP contribution < -0.4 is 5.32 Å². The third kappa shape index (κ3) is 2.76. The van der Waals surface area contributed by atoms with E-state index in [2.05, 4.69) is 48.6 Å². The summed E-state index contributed by atoms with van der Waals surface area (Å²) < 4.78 is 0. The minimum absolute atomic E-state index is 0.482. The van der Waals surface area contributed by atoms with Crippen molar-refractivity contribution in [3.8, 4) is 0 Å². The van der Waals surface area contributed by atoms with Gasteiger partial charge in [0, 0.05) is 6.04 Å². The second-order valence-electron chi connectivity index (χ2n) is 5.34. The van der Waals surface area contributed by atoms with E-state index < -0.39 is 0 Å². The van der Waals surface area contributed by atoms with Crippen molar-refractivity contribution in [2.75, 3.05) is 5.32 Å². The second kappa shape index (κ2) is 5.26. The molecule has 1 unspecified atom stereocenters. The van der Waals surface area contributed by atoms with Crippen LogP contribution in [0.15, 0.2) is 42.5 Å². The van der Waals surface area contributed by atoms with Gasteiger partial charge in [-0.25, -0.2) is 0 Å². The number of aryl methyl sites for hydroxylation is 2. The fraction of sp³-hybridized carbons (Fsp3) is 0.294. The molecule has 0 bridgehead atoms. The van der Waals surface area contributed by atoms with Crippen molar-refractivity contribution in [1.29, 1.82) is 0 Å². The van der Waals surface area contributed by atoms with Crippen molar-refractivity contribution in [2.45, 2.75) is 32.2 Å². The molecule has 2 aromatic rings. The Kier molecular flexibility index (Phi) is 3.48. The monoisotopic (exact) mass is 271 g/mol. The van der Waals surface area contributed by atoms with Crippen LogP contribution in [0.3, 0.4) is 0 Å². The van der Waals surface area contributed by atoms with E-state index in [9.17, 15) is 0 Å². The van der Waals surface area contributed by atoms with Gasteiger partial charge in [-0.3, -0.25) is 0 Å². The number of halogens is 1. The highest BCUT2D eigenvalue weighted by molar-refractivity contribution is 6.33. The molecule has 0 saturated heterocycles. The first-order valence-electron chi connectivity index (χ1n) is 6.82. The van der Waals surface area contributed by atoms with Crippen molar-refractivity contribution in [3.63, 3.8) is 0 Å². The van der Waals surface area contributed by atoms with Gasteiger partial charge in [-0.2, -0.15) is 0 Å². The largest absolute Gasteiger partial charge is 0.381 e. The molecule has 2 heteroatoms. The molecule has 0 spiro atoms. The topological polar surface area (TPSA) is 12.0 Å². The van der Waals surface area contributed by atoms with Crippen molar-refractivity contribution in [1.82, 2.24) is 0 Å². The van der Waals surface area contributed by atoms with Crippen LogP contribution in [0.25, 0.3) is 0 Å². The fourth-order valence-electron chi connectivity index (χ4n) is 2.78. The number of rotatable bonds is 2. The minimum atomic E-state index is 0.482. The predicted molar refractivity (Wildman–Crippen MR) is 82.1 cm³/mol. The first-order chi connectivity index (χ1) is 9.22. The van der Waals surface area contributed by atoms with E-state index in [0.29, 0.717) is 6.04 Å². The van der Waals surface area contributed by atoms with E-state index >= 15 is 0 Å². The number of anilines is 1. The van der Waals surface area contributed by atoms with Gasteiger partial charge >= 0.3 is 0 Å². The summed E-state index contributed by atoms with van der Waals surface area (Å²) in [7, 11) is 0. The highest BCUT2D eigenvalue weighted by atomic mass is 35.5. The van der Waals surface area contributed by atoms with E-state index in [4.69, 9.17) is 11.6 Å². The van der Waals surface area contributed by atoms with Crippen LogP contribution in [0.2, 0.25) is 5.02 Å². The van der Waals surface area contributed by atoms with E-state index in [1.165, 1.54) is 23.1 Å². The summed E-state index contributed by atoms with van der Waals surface area (Å²) in [5, 5.41) is 4.40. The van der Waals surface area contributed by atoms with Crippen molar-refractivity contribution < 1.29 is 0 Å². The van der Waals surface area contributed by atoms with Crippen LogP contribution in [0.5, 0.6) is 0 Å². The SMILES string of the molecule is Cc1ccc(NC2CCc3ccccc3C2)c(Cl)c1. The van der Waals surface area contributed by atoms with Gasteiger partial charge in [-0.1, -0.05) is 41.9 Å². The van der Waals surface area contributed by atoms with Gasteiger partial charge in [0.2, 0.25) is 0 Å². The lowest BCUT2D eigenvalue weighted by Crippen LogP contribution is -2.27. The molecule has 1 N–H and O–H groups in total. The number of fused-ring (bicyclic) bond motifs is 1. The summed E-state index contributed by atoms with van der Waals surface area (Å²) in [6, 6.07) is 15.4. The van der Waals surface area contributed by atoms with Gasteiger partial charge in [0.15, 0.2) is 0 Å². The fourth-order valence-corrected chi connectivity index (χ4v) is 3.07. The average Bonchev–Trinajstić information content (AvgIpc) is 2.42. The molecule has 1 nitrogen and oxygen atoms in total. The summed E-state index contributed by atoms with van der Waals surface area (Å²) in [4.78, 5) is 0. The molecular formula is C17H18ClN. The maximum absolute atomic E-state index is 6.29. The van der Waals surface area contributed by atoms with Crippen molar-refractivity contribution in [2.24, 2.45) is 0 Å². The van der Waals surface area contributed by atoms with Gasteiger partial charge in [-0.15, -0.1) is 0 Å². The zero-order valence-electron chi connectivity index (χ0n) is 11.1. The molecule has 0 fully saturated rings. The summed E-state index contributed by atoms with van der Waals surface area (Å²) in [6.07, 6.45) is 3.40. The molecule has 3 rings (SSSR count). The molecule has 0 radical (unpaired) electrons. The maximum atomic E-state index is 6.29. The Labute approximate surface area is 119 Å². The quantitative estimate of drug-likeness (QED) is 0.841. The van der Waals surface area contributed by atoms with Gasteiger partial charge in [0.25, 0.3) is 0 Å². The molecule has 0 aliphatic heterocycles. The molecule has 0 amide bonds. The van der Waals surface area contributed by atoms with Gasteiger partial charge in [0.1, 0.15) is 0 Å². The molecule has 19 heavy (non-hydrogen) atoms. The first kappa shape index (κ1) is 12.6. The van der Waals surface area contributed by atoms with Crippen LogP contribution in [0.4, 0.5) is 5.69 Å². The average molecular weight is 272 g/mol. The lowest BCUT2D eigenvalue weighted by atomic mass is 9.88. The molecule has 1 atom stereocenters. The normalized spacial score (nSPS) is 17.9. The van der Waals surface area contributed by atoms with E-state index in [-0.39, 0.29) is 0 Å². The summed E-state index contributed by atoms with van der Waals surface area (Å²) in [6.45, 7) is 2.06. The van der Waals surface area contributed by atoms with Crippen LogP contribution in [0, 0.1) is 6.92 Å². The number of nitrogens with one attached hydrogen (secondary N) is 1. The zero-order chi connectivity index (χ0) is 13.2. The van der Waals surface area contributed by atoms with Crippen LogP contribution in [0.1, 0.15) is 23.1 Å². The van der Waals surface area contributed by atoms with Gasteiger partial charge in [0.05, 0.1) is 10.7 Å². The number of hydrogen-bond acceptors (Lipinski definition) is 1. The summed E-state index contributed by atoms with van der Waals surface area (Å²) >= 11 is 6.29. The Hall–Kier alpha value is -1.47.